The van der Waals surface area contributed by atoms with Crippen LogP contribution in [0.2, 0.25) is 5.02 Å². The van der Waals surface area contributed by atoms with E-state index < -0.39 is 28.5 Å². The molecule has 3 aromatic carbocycles. The zero-order valence-corrected chi connectivity index (χ0v) is 24.4. The first-order chi connectivity index (χ1) is 18.0. The van der Waals surface area contributed by atoms with E-state index in [4.69, 9.17) is 16.3 Å². The van der Waals surface area contributed by atoms with E-state index in [1.165, 1.54) is 37.3 Å². The fourth-order valence-corrected chi connectivity index (χ4v) is 5.29. The van der Waals surface area contributed by atoms with Crippen LogP contribution in [-0.2, 0) is 32.6 Å². The molecule has 38 heavy (non-hydrogen) atoms. The third-order valence-corrected chi connectivity index (χ3v) is 7.85. The summed E-state index contributed by atoms with van der Waals surface area (Å²) in [4.78, 5) is 28.4. The number of carbonyl (C=O) groups is 2. The van der Waals surface area contributed by atoms with Crippen LogP contribution in [0.25, 0.3) is 0 Å². The second kappa shape index (κ2) is 13.1. The molecule has 0 aliphatic carbocycles. The van der Waals surface area contributed by atoms with Crippen LogP contribution in [0.1, 0.15) is 11.1 Å². The van der Waals surface area contributed by atoms with Crippen LogP contribution in [0.3, 0.4) is 0 Å². The maximum Gasteiger partial charge on any atom is 0.244 e. The standard InChI is InChI=1S/C27H29BrClN3O5S/c1-30-27(34)24(15-19-7-5-4-6-8-19)31(17-20-9-11-21(28)12-10-20)26(33)18-32(38(3,35)36)22-13-14-25(37-2)23(29)16-22/h4-14,16,24H,15,17-18H2,1-3H3,(H,30,34)/t24-/m1/s1. The Morgan fingerprint density at radius 1 is 1.03 bits per heavy atom. The number of nitrogens with zero attached hydrogens (tertiary/aromatic N) is 2. The van der Waals surface area contributed by atoms with Crippen LogP contribution in [0, 0.1) is 0 Å². The predicted octanol–water partition coefficient (Wildman–Crippen LogP) is 4.26. The molecule has 3 aromatic rings. The van der Waals surface area contributed by atoms with Crippen molar-refractivity contribution in [3.63, 3.8) is 0 Å². The van der Waals surface area contributed by atoms with Gasteiger partial charge in [0.05, 0.1) is 24.1 Å². The van der Waals surface area contributed by atoms with Crippen molar-refractivity contribution >= 4 is 55.1 Å². The number of hydrogen-bond acceptors (Lipinski definition) is 5. The first-order valence-corrected chi connectivity index (χ1v) is 14.7. The van der Waals surface area contributed by atoms with E-state index in [0.717, 1.165) is 26.2 Å². The Hall–Kier alpha value is -3.08. The number of methoxy groups -OCH3 is 1. The quantitative estimate of drug-likeness (QED) is 0.345. The third kappa shape index (κ3) is 7.72. The van der Waals surface area contributed by atoms with E-state index >= 15 is 0 Å². The first kappa shape index (κ1) is 29.5. The molecule has 0 saturated heterocycles. The number of halogens is 2. The Bertz CT molecular complexity index is 1370. The topological polar surface area (TPSA) is 96.0 Å². The number of likely N-dealkylation sites (N-methyl/N-ethyl adjacent to an activating group) is 1. The van der Waals surface area contributed by atoms with Crippen LogP contribution in [0.15, 0.2) is 77.3 Å². The minimum Gasteiger partial charge on any atom is -0.495 e. The minimum atomic E-state index is -3.89. The normalized spacial score (nSPS) is 11.9. The number of benzene rings is 3. The molecule has 0 aliphatic rings. The van der Waals surface area contributed by atoms with Gasteiger partial charge in [0, 0.05) is 24.5 Å². The molecule has 3 rings (SSSR count). The Kier molecular flexibility index (Phi) is 10.2. The molecule has 0 fully saturated rings. The Balaban J connectivity index is 2.03. The highest BCUT2D eigenvalue weighted by molar-refractivity contribution is 9.10. The van der Waals surface area contributed by atoms with Crippen molar-refractivity contribution in [1.29, 1.82) is 0 Å². The molecule has 8 nitrogen and oxygen atoms in total. The van der Waals surface area contributed by atoms with Crippen molar-refractivity contribution in [1.82, 2.24) is 10.2 Å². The second-order valence-electron chi connectivity index (χ2n) is 8.56. The van der Waals surface area contributed by atoms with Crippen LogP contribution >= 0.6 is 27.5 Å². The SMILES string of the molecule is CNC(=O)[C@@H](Cc1ccccc1)N(Cc1ccc(Br)cc1)C(=O)CN(c1ccc(OC)c(Cl)c1)S(C)(=O)=O. The number of ether oxygens (including phenoxy) is 1. The van der Waals surface area contributed by atoms with Crippen LogP contribution in [0.4, 0.5) is 5.69 Å². The van der Waals surface area contributed by atoms with Crippen LogP contribution < -0.4 is 14.4 Å². The Labute approximate surface area is 236 Å². The average Bonchev–Trinajstić information content (AvgIpc) is 2.89. The van der Waals surface area contributed by atoms with E-state index in [9.17, 15) is 18.0 Å². The highest BCUT2D eigenvalue weighted by atomic mass is 79.9. The first-order valence-electron chi connectivity index (χ1n) is 11.6. The number of nitrogens with one attached hydrogen (secondary N) is 1. The molecule has 11 heteroatoms. The molecule has 0 bridgehead atoms. The van der Waals surface area contributed by atoms with E-state index in [1.807, 2.05) is 54.6 Å². The zero-order valence-electron chi connectivity index (χ0n) is 21.2. The van der Waals surface area contributed by atoms with Gasteiger partial charge in [0.1, 0.15) is 18.3 Å². The molecule has 0 unspecified atom stereocenters. The number of sulfonamides is 1. The largest absolute Gasteiger partial charge is 0.495 e. The highest BCUT2D eigenvalue weighted by Crippen LogP contribution is 2.30. The van der Waals surface area contributed by atoms with E-state index in [1.54, 1.807) is 0 Å². The van der Waals surface area contributed by atoms with Gasteiger partial charge in [0.15, 0.2) is 0 Å². The van der Waals surface area contributed by atoms with Crippen molar-refractivity contribution in [3.8, 4) is 5.75 Å². The summed E-state index contributed by atoms with van der Waals surface area (Å²) < 4.78 is 32.6. The van der Waals surface area contributed by atoms with Gasteiger partial charge in [0.25, 0.3) is 0 Å². The molecule has 0 aromatic heterocycles. The van der Waals surface area contributed by atoms with E-state index in [-0.39, 0.29) is 29.6 Å². The summed E-state index contributed by atoms with van der Waals surface area (Å²) in [5, 5.41) is 2.85. The maximum absolute atomic E-state index is 13.9. The fourth-order valence-electron chi connectivity index (χ4n) is 3.93. The smallest absolute Gasteiger partial charge is 0.244 e. The molecule has 1 atom stereocenters. The van der Waals surface area contributed by atoms with Crippen molar-refractivity contribution in [2.24, 2.45) is 0 Å². The minimum absolute atomic E-state index is 0.0952. The van der Waals surface area contributed by atoms with Gasteiger partial charge in [-0.1, -0.05) is 70.0 Å². The van der Waals surface area contributed by atoms with Crippen LogP contribution in [0.5, 0.6) is 5.75 Å². The second-order valence-corrected chi connectivity index (χ2v) is 11.8. The van der Waals surface area contributed by atoms with Gasteiger partial charge in [-0.05, 0) is 41.5 Å². The Morgan fingerprint density at radius 2 is 1.68 bits per heavy atom. The van der Waals surface area contributed by atoms with Gasteiger partial charge in [-0.3, -0.25) is 13.9 Å². The summed E-state index contributed by atoms with van der Waals surface area (Å²) in [6.45, 7) is -0.432. The van der Waals surface area contributed by atoms with E-state index in [2.05, 4.69) is 21.2 Å². The molecule has 202 valence electrons. The highest BCUT2D eigenvalue weighted by Gasteiger charge is 2.32. The number of carbonyl (C=O) groups excluding carboxylic acids is 2. The number of amides is 2. The van der Waals surface area contributed by atoms with Gasteiger partial charge in [-0.25, -0.2) is 8.42 Å². The molecular formula is C27H29BrClN3O5S. The number of anilines is 1. The lowest BCUT2D eigenvalue weighted by atomic mass is 10.0. The molecule has 0 aliphatic heterocycles. The monoisotopic (exact) mass is 621 g/mol. The molecule has 0 radical (unpaired) electrons. The summed E-state index contributed by atoms with van der Waals surface area (Å²) in [6, 6.07) is 20.3. The van der Waals surface area contributed by atoms with Gasteiger partial charge < -0.3 is 15.0 Å². The lowest BCUT2D eigenvalue weighted by molar-refractivity contribution is -0.139. The maximum atomic E-state index is 13.9. The molecular weight excluding hydrogens is 594 g/mol. The molecule has 0 saturated carbocycles. The summed E-state index contributed by atoms with van der Waals surface area (Å²) in [7, 11) is -0.939. The summed E-state index contributed by atoms with van der Waals surface area (Å²) in [5.41, 5.74) is 1.84. The van der Waals surface area contributed by atoms with Gasteiger partial charge in [0.2, 0.25) is 21.8 Å². The Morgan fingerprint density at radius 3 is 2.24 bits per heavy atom. The van der Waals surface area contributed by atoms with Gasteiger partial charge in [-0.15, -0.1) is 0 Å². The summed E-state index contributed by atoms with van der Waals surface area (Å²) in [6.07, 6.45) is 1.26. The van der Waals surface area contributed by atoms with E-state index in [0.29, 0.717) is 5.75 Å². The lowest BCUT2D eigenvalue weighted by Gasteiger charge is -2.33. The van der Waals surface area contributed by atoms with Crippen molar-refractivity contribution in [3.05, 3.63) is 93.4 Å². The summed E-state index contributed by atoms with van der Waals surface area (Å²) >= 11 is 9.65. The number of rotatable bonds is 11. The lowest BCUT2D eigenvalue weighted by Crippen LogP contribution is -2.52. The average molecular weight is 623 g/mol. The van der Waals surface area contributed by atoms with Crippen molar-refractivity contribution in [2.45, 2.75) is 19.0 Å². The summed E-state index contributed by atoms with van der Waals surface area (Å²) in [5.74, 6) is -0.540. The molecule has 2 amide bonds. The third-order valence-electron chi connectivity index (χ3n) is 5.89. The van der Waals surface area contributed by atoms with Crippen molar-refractivity contribution in [2.75, 3.05) is 31.3 Å². The molecule has 0 spiro atoms. The van der Waals surface area contributed by atoms with Crippen molar-refractivity contribution < 1.29 is 22.7 Å². The fraction of sp³-hybridized carbons (Fsp3) is 0.259. The molecule has 0 heterocycles. The molecule has 1 N–H and O–H groups in total. The predicted molar refractivity (Wildman–Crippen MR) is 153 cm³/mol. The van der Waals surface area contributed by atoms with Gasteiger partial charge in [-0.2, -0.15) is 0 Å². The van der Waals surface area contributed by atoms with Gasteiger partial charge >= 0.3 is 0 Å². The zero-order chi connectivity index (χ0) is 27.9. The van der Waals surface area contributed by atoms with Crippen LogP contribution in [-0.4, -0.2) is 58.1 Å². The number of hydrogen-bond donors (Lipinski definition) is 1.